The fraction of sp³-hybridized carbons (Fsp3) is 0.750. The predicted molar refractivity (Wildman–Crippen MR) is 105 cm³/mol. The Balaban J connectivity index is 1.26. The van der Waals surface area contributed by atoms with E-state index in [0.29, 0.717) is 6.04 Å². The van der Waals surface area contributed by atoms with Gasteiger partial charge in [-0.25, -0.2) is 0 Å². The Labute approximate surface area is 161 Å². The number of carbonyl (C=O) groups excluding carboxylic acids is 1. The van der Waals surface area contributed by atoms with Crippen molar-refractivity contribution in [3.05, 3.63) is 12.1 Å². The van der Waals surface area contributed by atoms with Crippen LogP contribution in [0.3, 0.4) is 0 Å². The number of carbonyl (C=O) groups is 1. The van der Waals surface area contributed by atoms with Crippen LogP contribution in [0.1, 0.15) is 44.9 Å². The van der Waals surface area contributed by atoms with Crippen molar-refractivity contribution >= 4 is 17.5 Å². The topological polar surface area (TPSA) is 70.6 Å². The van der Waals surface area contributed by atoms with E-state index in [2.05, 4.69) is 37.4 Å². The molecule has 1 amide bonds. The zero-order valence-electron chi connectivity index (χ0n) is 16.1. The van der Waals surface area contributed by atoms with Crippen molar-refractivity contribution in [3.8, 4) is 0 Å². The summed E-state index contributed by atoms with van der Waals surface area (Å²) in [4.78, 5) is 17.0. The molecule has 1 aromatic heterocycles. The molecule has 4 rings (SSSR count). The molecule has 0 bridgehead atoms. The third-order valence-corrected chi connectivity index (χ3v) is 6.11. The first-order chi connectivity index (χ1) is 13.3. The van der Waals surface area contributed by atoms with Crippen LogP contribution in [0.5, 0.6) is 0 Å². The van der Waals surface area contributed by atoms with Crippen LogP contribution < -0.4 is 15.1 Å². The van der Waals surface area contributed by atoms with E-state index in [1.165, 1.54) is 19.3 Å². The van der Waals surface area contributed by atoms with Gasteiger partial charge in [0, 0.05) is 38.1 Å². The van der Waals surface area contributed by atoms with Gasteiger partial charge in [-0.2, -0.15) is 0 Å². The monoisotopic (exact) mass is 373 g/mol. The number of anilines is 2. The number of morpholine rings is 1. The Morgan fingerprint density at radius 3 is 2.07 bits per heavy atom. The fourth-order valence-electron chi connectivity index (χ4n) is 4.38. The zero-order chi connectivity index (χ0) is 18.5. The first kappa shape index (κ1) is 18.5. The fourth-order valence-corrected chi connectivity index (χ4v) is 4.38. The molecule has 1 aromatic rings. The molecule has 1 aliphatic carbocycles. The lowest BCUT2D eigenvalue weighted by molar-refractivity contribution is -0.126. The second-order valence-electron chi connectivity index (χ2n) is 7.95. The van der Waals surface area contributed by atoms with Gasteiger partial charge in [0.05, 0.1) is 13.2 Å². The number of nitrogens with zero attached hydrogens (tertiary/aromatic N) is 4. The van der Waals surface area contributed by atoms with E-state index in [1.807, 2.05) is 0 Å². The summed E-state index contributed by atoms with van der Waals surface area (Å²) in [6, 6.07) is 4.51. The molecule has 3 aliphatic rings. The summed E-state index contributed by atoms with van der Waals surface area (Å²) in [7, 11) is 0. The lowest BCUT2D eigenvalue weighted by Crippen LogP contribution is -2.44. The summed E-state index contributed by atoms with van der Waals surface area (Å²) in [6.07, 6.45) is 7.91. The smallest absolute Gasteiger partial charge is 0.223 e. The third kappa shape index (κ3) is 4.69. The van der Waals surface area contributed by atoms with Gasteiger partial charge in [0.1, 0.15) is 0 Å². The SMILES string of the molecule is O=C(NC1CCCCC1)C1CCN(c2ccc(N3CCOCC3)nn2)CC1. The molecule has 0 spiro atoms. The molecular formula is C20H31N5O2. The van der Waals surface area contributed by atoms with Gasteiger partial charge in [0.2, 0.25) is 5.91 Å². The van der Waals surface area contributed by atoms with Gasteiger partial charge in [-0.3, -0.25) is 4.79 Å². The highest BCUT2D eigenvalue weighted by atomic mass is 16.5. The van der Waals surface area contributed by atoms with E-state index in [4.69, 9.17) is 4.74 Å². The molecule has 0 radical (unpaired) electrons. The molecule has 7 nitrogen and oxygen atoms in total. The van der Waals surface area contributed by atoms with Gasteiger partial charge in [0.15, 0.2) is 11.6 Å². The van der Waals surface area contributed by atoms with Gasteiger partial charge in [-0.05, 0) is 37.8 Å². The summed E-state index contributed by atoms with van der Waals surface area (Å²) in [5.74, 6) is 2.24. The molecule has 7 heteroatoms. The molecule has 27 heavy (non-hydrogen) atoms. The first-order valence-electron chi connectivity index (χ1n) is 10.5. The minimum absolute atomic E-state index is 0.142. The van der Waals surface area contributed by atoms with Gasteiger partial charge in [-0.15, -0.1) is 10.2 Å². The van der Waals surface area contributed by atoms with E-state index in [9.17, 15) is 4.79 Å². The van der Waals surface area contributed by atoms with Crippen molar-refractivity contribution in [1.82, 2.24) is 15.5 Å². The molecule has 2 aliphatic heterocycles. The van der Waals surface area contributed by atoms with Gasteiger partial charge in [0.25, 0.3) is 0 Å². The highest BCUT2D eigenvalue weighted by Crippen LogP contribution is 2.24. The van der Waals surface area contributed by atoms with Crippen molar-refractivity contribution in [2.75, 3.05) is 49.2 Å². The average Bonchev–Trinajstić information content (AvgIpc) is 2.75. The largest absolute Gasteiger partial charge is 0.378 e. The Morgan fingerprint density at radius 2 is 1.48 bits per heavy atom. The molecule has 0 atom stereocenters. The predicted octanol–water partition coefficient (Wildman–Crippen LogP) is 1.98. The van der Waals surface area contributed by atoms with E-state index < -0.39 is 0 Å². The number of hydrogen-bond donors (Lipinski definition) is 1. The molecule has 148 valence electrons. The summed E-state index contributed by atoms with van der Waals surface area (Å²) in [5, 5.41) is 12.1. The van der Waals surface area contributed by atoms with Gasteiger partial charge < -0.3 is 19.9 Å². The summed E-state index contributed by atoms with van der Waals surface area (Å²) in [6.45, 7) is 4.98. The minimum atomic E-state index is 0.142. The van der Waals surface area contributed by atoms with Crippen molar-refractivity contribution < 1.29 is 9.53 Å². The standard InChI is InChI=1S/C20H31N5O2/c26-20(21-17-4-2-1-3-5-17)16-8-10-24(11-9-16)18-6-7-19(23-22-18)25-12-14-27-15-13-25/h6-7,16-17H,1-5,8-15H2,(H,21,26). The lowest BCUT2D eigenvalue weighted by Gasteiger charge is -2.33. The Bertz CT molecular complexity index is 603. The number of ether oxygens (including phenoxy) is 1. The molecule has 1 N–H and O–H groups in total. The Kier molecular flexibility index (Phi) is 6.07. The molecule has 3 fully saturated rings. The number of piperidine rings is 1. The molecule has 1 saturated carbocycles. The molecule has 2 saturated heterocycles. The normalized spacial score (nSPS) is 22.7. The van der Waals surface area contributed by atoms with Gasteiger partial charge >= 0.3 is 0 Å². The molecule has 3 heterocycles. The maximum absolute atomic E-state index is 12.6. The van der Waals surface area contributed by atoms with Crippen LogP contribution >= 0.6 is 0 Å². The Hall–Kier alpha value is -1.89. The third-order valence-electron chi connectivity index (χ3n) is 6.11. The van der Waals surface area contributed by atoms with Crippen molar-refractivity contribution in [2.45, 2.75) is 51.0 Å². The first-order valence-corrected chi connectivity index (χ1v) is 10.5. The average molecular weight is 374 g/mol. The van der Waals surface area contributed by atoms with Crippen LogP contribution in [0.25, 0.3) is 0 Å². The molecular weight excluding hydrogens is 342 g/mol. The number of rotatable bonds is 4. The Morgan fingerprint density at radius 1 is 0.889 bits per heavy atom. The van der Waals surface area contributed by atoms with Crippen LogP contribution in [0.15, 0.2) is 12.1 Å². The second-order valence-corrected chi connectivity index (χ2v) is 7.95. The molecule has 0 unspecified atom stereocenters. The number of amides is 1. The van der Waals surface area contributed by atoms with E-state index in [-0.39, 0.29) is 11.8 Å². The lowest BCUT2D eigenvalue weighted by atomic mass is 9.92. The number of aromatic nitrogens is 2. The van der Waals surface area contributed by atoms with Gasteiger partial charge in [-0.1, -0.05) is 19.3 Å². The van der Waals surface area contributed by atoms with E-state index >= 15 is 0 Å². The quantitative estimate of drug-likeness (QED) is 0.870. The van der Waals surface area contributed by atoms with Crippen LogP contribution in [0, 0.1) is 5.92 Å². The van der Waals surface area contributed by atoms with Crippen molar-refractivity contribution in [1.29, 1.82) is 0 Å². The highest BCUT2D eigenvalue weighted by Gasteiger charge is 2.27. The van der Waals surface area contributed by atoms with Crippen LogP contribution in [0.4, 0.5) is 11.6 Å². The number of hydrogen-bond acceptors (Lipinski definition) is 6. The summed E-state index contributed by atoms with van der Waals surface area (Å²) < 4.78 is 5.39. The van der Waals surface area contributed by atoms with Crippen molar-refractivity contribution in [2.24, 2.45) is 5.92 Å². The van der Waals surface area contributed by atoms with E-state index in [1.54, 1.807) is 0 Å². The van der Waals surface area contributed by atoms with Crippen LogP contribution in [-0.2, 0) is 9.53 Å². The van der Waals surface area contributed by atoms with Crippen molar-refractivity contribution in [3.63, 3.8) is 0 Å². The van der Waals surface area contributed by atoms with Crippen LogP contribution in [-0.4, -0.2) is 61.5 Å². The van der Waals surface area contributed by atoms with Crippen LogP contribution in [0.2, 0.25) is 0 Å². The zero-order valence-corrected chi connectivity index (χ0v) is 16.1. The highest BCUT2D eigenvalue weighted by molar-refractivity contribution is 5.79. The second kappa shape index (κ2) is 8.87. The summed E-state index contributed by atoms with van der Waals surface area (Å²) >= 11 is 0. The molecule has 0 aromatic carbocycles. The maximum atomic E-state index is 12.6. The minimum Gasteiger partial charge on any atom is -0.378 e. The van der Waals surface area contributed by atoms with E-state index in [0.717, 1.165) is 76.7 Å². The maximum Gasteiger partial charge on any atom is 0.223 e. The summed E-state index contributed by atoms with van der Waals surface area (Å²) in [5.41, 5.74) is 0. The number of nitrogens with one attached hydrogen (secondary N) is 1.